The lowest BCUT2D eigenvalue weighted by molar-refractivity contribution is 0.194. The second-order valence-corrected chi connectivity index (χ2v) is 6.48. The third-order valence-electron chi connectivity index (χ3n) is 4.32. The van der Waals surface area contributed by atoms with Crippen LogP contribution >= 0.6 is 0 Å². The first-order valence-corrected chi connectivity index (χ1v) is 8.09. The zero-order chi connectivity index (χ0) is 15.0. The van der Waals surface area contributed by atoms with E-state index in [2.05, 4.69) is 42.1 Å². The highest BCUT2D eigenvalue weighted by Crippen LogP contribution is 2.14. The Kier molecular flexibility index (Phi) is 7.50. The molecule has 0 amide bonds. The Bertz CT molecular complexity index is 312. The van der Waals surface area contributed by atoms with E-state index in [1.54, 1.807) is 0 Å². The summed E-state index contributed by atoms with van der Waals surface area (Å²) >= 11 is 0. The van der Waals surface area contributed by atoms with Crippen molar-refractivity contribution in [3.63, 3.8) is 0 Å². The number of nitriles is 1. The van der Waals surface area contributed by atoms with Crippen LogP contribution in [0, 0.1) is 11.3 Å². The fourth-order valence-electron chi connectivity index (χ4n) is 2.97. The maximum atomic E-state index is 9.35. The molecule has 0 radical (unpaired) electrons. The summed E-state index contributed by atoms with van der Waals surface area (Å²) in [5.41, 5.74) is -0.359. The minimum Gasteiger partial charge on any atom is -0.305 e. The molecule has 0 aromatic carbocycles. The molecule has 1 fully saturated rings. The number of hydrogen-bond acceptors (Lipinski definition) is 4. The van der Waals surface area contributed by atoms with Gasteiger partial charge in [-0.1, -0.05) is 6.92 Å². The van der Waals surface area contributed by atoms with Gasteiger partial charge in [0.15, 0.2) is 0 Å². The zero-order valence-electron chi connectivity index (χ0n) is 13.8. The van der Waals surface area contributed by atoms with Crippen LogP contribution in [0.5, 0.6) is 0 Å². The lowest BCUT2D eigenvalue weighted by atomic mass is 9.97. The Labute approximate surface area is 125 Å². The Balaban J connectivity index is 2.36. The first kappa shape index (κ1) is 17.4. The Morgan fingerprint density at radius 3 is 2.80 bits per heavy atom. The average Bonchev–Trinajstić information content (AvgIpc) is 2.58. The van der Waals surface area contributed by atoms with Crippen molar-refractivity contribution in [2.45, 2.75) is 58.0 Å². The van der Waals surface area contributed by atoms with Gasteiger partial charge in [-0.3, -0.25) is 10.2 Å². The van der Waals surface area contributed by atoms with E-state index in [-0.39, 0.29) is 5.54 Å². The zero-order valence-corrected chi connectivity index (χ0v) is 13.8. The van der Waals surface area contributed by atoms with E-state index < -0.39 is 0 Å². The Morgan fingerprint density at radius 2 is 2.15 bits per heavy atom. The first-order chi connectivity index (χ1) is 9.50. The minimum absolute atomic E-state index is 0.359. The van der Waals surface area contributed by atoms with Crippen molar-refractivity contribution in [3.8, 4) is 6.07 Å². The van der Waals surface area contributed by atoms with Gasteiger partial charge in [0, 0.05) is 12.6 Å². The molecule has 4 heteroatoms. The summed E-state index contributed by atoms with van der Waals surface area (Å²) in [6, 6.07) is 3.07. The van der Waals surface area contributed by atoms with E-state index in [9.17, 15) is 5.26 Å². The number of hydrogen-bond donors (Lipinski definition) is 1. The average molecular weight is 280 g/mol. The van der Waals surface area contributed by atoms with Crippen LogP contribution in [-0.4, -0.2) is 61.2 Å². The Hall–Kier alpha value is -0.630. The molecule has 2 atom stereocenters. The van der Waals surface area contributed by atoms with E-state index in [1.165, 1.54) is 19.5 Å². The summed E-state index contributed by atoms with van der Waals surface area (Å²) in [6.07, 6.45) is 4.36. The molecule has 1 heterocycles. The van der Waals surface area contributed by atoms with E-state index in [1.807, 2.05) is 6.92 Å². The van der Waals surface area contributed by atoms with Crippen LogP contribution in [0.25, 0.3) is 0 Å². The molecule has 0 bridgehead atoms. The molecular weight excluding hydrogens is 248 g/mol. The molecule has 2 unspecified atom stereocenters. The molecule has 1 aliphatic heterocycles. The maximum Gasteiger partial charge on any atom is 0.103 e. The summed E-state index contributed by atoms with van der Waals surface area (Å²) in [4.78, 5) is 5.01. The smallest absolute Gasteiger partial charge is 0.103 e. The first-order valence-electron chi connectivity index (χ1n) is 8.09. The number of likely N-dealkylation sites (N-methyl/N-ethyl adjacent to an activating group) is 1. The molecule has 1 N–H and O–H groups in total. The third-order valence-corrected chi connectivity index (χ3v) is 4.32. The van der Waals surface area contributed by atoms with Crippen molar-refractivity contribution < 1.29 is 0 Å². The highest BCUT2D eigenvalue weighted by atomic mass is 15.2. The predicted octanol–water partition coefficient (Wildman–Crippen LogP) is 2.07. The van der Waals surface area contributed by atoms with Crippen molar-refractivity contribution in [2.75, 3.05) is 39.8 Å². The predicted molar refractivity (Wildman–Crippen MR) is 84.7 cm³/mol. The molecule has 1 rings (SSSR count). The summed E-state index contributed by atoms with van der Waals surface area (Å²) in [6.45, 7) is 12.1. The summed E-state index contributed by atoms with van der Waals surface area (Å²) < 4.78 is 0. The third kappa shape index (κ3) is 5.78. The van der Waals surface area contributed by atoms with Gasteiger partial charge in [-0.05, 0) is 72.8 Å². The van der Waals surface area contributed by atoms with Gasteiger partial charge >= 0.3 is 0 Å². The molecule has 0 spiro atoms. The topological polar surface area (TPSA) is 42.3 Å². The standard InChI is InChI=1S/C16H32N4/c1-5-9-18-16(3,14-17)8-6-11-20-12-7-10-19(4)13-15(20)2/h15,18H,5-13H2,1-4H3. The van der Waals surface area contributed by atoms with E-state index in [0.717, 1.165) is 38.9 Å². The van der Waals surface area contributed by atoms with Crippen LogP contribution in [-0.2, 0) is 0 Å². The van der Waals surface area contributed by atoms with Gasteiger partial charge in [0.2, 0.25) is 0 Å². The van der Waals surface area contributed by atoms with Gasteiger partial charge < -0.3 is 4.90 Å². The molecule has 0 aromatic heterocycles. The quantitative estimate of drug-likeness (QED) is 0.775. The molecule has 1 aliphatic rings. The largest absolute Gasteiger partial charge is 0.305 e. The van der Waals surface area contributed by atoms with Crippen LogP contribution in [0.3, 0.4) is 0 Å². The highest BCUT2D eigenvalue weighted by Gasteiger charge is 2.24. The van der Waals surface area contributed by atoms with Crippen molar-refractivity contribution in [1.29, 1.82) is 5.26 Å². The molecule has 1 saturated heterocycles. The van der Waals surface area contributed by atoms with Crippen LogP contribution in [0.15, 0.2) is 0 Å². The number of rotatable bonds is 7. The van der Waals surface area contributed by atoms with Crippen molar-refractivity contribution >= 4 is 0 Å². The van der Waals surface area contributed by atoms with Crippen LogP contribution in [0.1, 0.15) is 46.5 Å². The van der Waals surface area contributed by atoms with Crippen LogP contribution < -0.4 is 5.32 Å². The fraction of sp³-hybridized carbons (Fsp3) is 0.938. The second-order valence-electron chi connectivity index (χ2n) is 6.48. The lowest BCUT2D eigenvalue weighted by Gasteiger charge is -2.29. The molecule has 0 aromatic rings. The second kappa shape index (κ2) is 8.61. The minimum atomic E-state index is -0.359. The van der Waals surface area contributed by atoms with Crippen molar-refractivity contribution in [2.24, 2.45) is 0 Å². The van der Waals surface area contributed by atoms with Crippen LogP contribution in [0.4, 0.5) is 0 Å². The normalized spacial score (nSPS) is 24.9. The van der Waals surface area contributed by atoms with Gasteiger partial charge in [-0.15, -0.1) is 0 Å². The Morgan fingerprint density at radius 1 is 1.40 bits per heavy atom. The maximum absolute atomic E-state index is 9.35. The molecule has 116 valence electrons. The molecule has 0 saturated carbocycles. The van der Waals surface area contributed by atoms with Gasteiger partial charge in [0.1, 0.15) is 5.54 Å². The lowest BCUT2D eigenvalue weighted by Crippen LogP contribution is -2.43. The fourth-order valence-corrected chi connectivity index (χ4v) is 2.97. The van der Waals surface area contributed by atoms with E-state index >= 15 is 0 Å². The summed E-state index contributed by atoms with van der Waals surface area (Å²) in [5.74, 6) is 0. The number of nitrogens with zero attached hydrogens (tertiary/aromatic N) is 3. The molecule has 0 aliphatic carbocycles. The van der Waals surface area contributed by atoms with Gasteiger partial charge in [0.05, 0.1) is 6.07 Å². The van der Waals surface area contributed by atoms with Gasteiger partial charge in [-0.2, -0.15) is 5.26 Å². The van der Waals surface area contributed by atoms with Crippen molar-refractivity contribution in [1.82, 2.24) is 15.1 Å². The SMILES string of the molecule is CCCNC(C)(C#N)CCCN1CCCN(C)CC1C. The van der Waals surface area contributed by atoms with E-state index in [4.69, 9.17) is 0 Å². The van der Waals surface area contributed by atoms with Crippen molar-refractivity contribution in [3.05, 3.63) is 0 Å². The van der Waals surface area contributed by atoms with Crippen LogP contribution in [0.2, 0.25) is 0 Å². The molecule has 20 heavy (non-hydrogen) atoms. The molecule has 4 nitrogen and oxygen atoms in total. The number of nitrogens with one attached hydrogen (secondary N) is 1. The van der Waals surface area contributed by atoms with Gasteiger partial charge in [-0.25, -0.2) is 0 Å². The molecular formula is C16H32N4. The summed E-state index contributed by atoms with van der Waals surface area (Å²) in [5, 5.41) is 12.7. The highest BCUT2D eigenvalue weighted by molar-refractivity contribution is 5.03. The monoisotopic (exact) mass is 280 g/mol. The summed E-state index contributed by atoms with van der Waals surface area (Å²) in [7, 11) is 2.21. The van der Waals surface area contributed by atoms with E-state index in [0.29, 0.717) is 6.04 Å². The van der Waals surface area contributed by atoms with Gasteiger partial charge in [0.25, 0.3) is 0 Å².